The summed E-state index contributed by atoms with van der Waals surface area (Å²) in [5.74, 6) is 5.30. The SMILES string of the molecule is CC(C)[C@H](C)CC[C@@H](C)[C@H]1CC[C@H]2[C@@H]3C[C@@H](NCCCNCCCCN)[C@@]4(O)C[C@@H](O)CC[C@]4(C)[C@H]3CC[C@]12C. The molecule has 0 amide bonds. The first-order valence-corrected chi connectivity index (χ1v) is 17.5. The number of hydrogen-bond donors (Lipinski definition) is 5. The van der Waals surface area contributed by atoms with Crippen molar-refractivity contribution in [3.63, 3.8) is 0 Å². The highest BCUT2D eigenvalue weighted by molar-refractivity contribution is 5.18. The lowest BCUT2D eigenvalue weighted by Gasteiger charge is -2.66. The van der Waals surface area contributed by atoms with Crippen molar-refractivity contribution in [2.75, 3.05) is 26.2 Å². The Morgan fingerprint density at radius 3 is 2.35 bits per heavy atom. The molecule has 0 spiro atoms. The molecule has 0 heterocycles. The third-order valence-corrected chi connectivity index (χ3v) is 13.6. The molecule has 11 atom stereocenters. The summed E-state index contributed by atoms with van der Waals surface area (Å²) in [5, 5.41) is 30.7. The zero-order valence-electron chi connectivity index (χ0n) is 27.2. The van der Waals surface area contributed by atoms with E-state index in [1.54, 1.807) is 0 Å². The van der Waals surface area contributed by atoms with Gasteiger partial charge < -0.3 is 26.6 Å². The Bertz CT molecular complexity index is 793. The number of aliphatic hydroxyl groups excluding tert-OH is 1. The number of fused-ring (bicyclic) bond motifs is 5. The standard InChI is InChI=1S/C35H67N3O2/c1-24(2)25(3)10-11-26(4)29-12-13-30-28-22-32(38-21-9-20-37-19-8-7-18-36)35(40)23-27(39)14-17-34(35,6)31(28)15-16-33(29,30)5/h24-32,37-40H,7-23,36H2,1-6H3/t25-,26-,27+,28+,29-,30+,31+,32-,33-,34-,35+/m1/s1. The first-order valence-electron chi connectivity index (χ1n) is 17.5. The van der Waals surface area contributed by atoms with Crippen LogP contribution in [0.4, 0.5) is 0 Å². The highest BCUT2D eigenvalue weighted by atomic mass is 16.3. The molecule has 4 fully saturated rings. The van der Waals surface area contributed by atoms with Crippen LogP contribution >= 0.6 is 0 Å². The minimum atomic E-state index is -0.813. The Morgan fingerprint density at radius 2 is 1.62 bits per heavy atom. The van der Waals surface area contributed by atoms with Crippen LogP contribution in [-0.4, -0.2) is 54.1 Å². The summed E-state index contributed by atoms with van der Waals surface area (Å²) in [6.45, 7) is 18.6. The molecule has 0 bridgehead atoms. The van der Waals surface area contributed by atoms with E-state index in [2.05, 4.69) is 52.2 Å². The number of aliphatic hydroxyl groups is 2. The van der Waals surface area contributed by atoms with Crippen LogP contribution in [0.1, 0.15) is 125 Å². The topological polar surface area (TPSA) is 90.5 Å². The minimum Gasteiger partial charge on any atom is -0.393 e. The van der Waals surface area contributed by atoms with Crippen LogP contribution in [0.2, 0.25) is 0 Å². The van der Waals surface area contributed by atoms with E-state index in [-0.39, 0.29) is 17.6 Å². The Labute approximate surface area is 247 Å². The molecule has 0 radical (unpaired) electrons. The third kappa shape index (κ3) is 6.35. The van der Waals surface area contributed by atoms with Gasteiger partial charge in [0.2, 0.25) is 0 Å². The molecule has 0 aromatic heterocycles. The fraction of sp³-hybridized carbons (Fsp3) is 1.00. The highest BCUT2D eigenvalue weighted by Gasteiger charge is 2.67. The number of unbranched alkanes of at least 4 members (excludes halogenated alkanes) is 1. The van der Waals surface area contributed by atoms with Crippen LogP contribution in [-0.2, 0) is 0 Å². The van der Waals surface area contributed by atoms with Crippen molar-refractivity contribution in [3.8, 4) is 0 Å². The van der Waals surface area contributed by atoms with Gasteiger partial charge in [0, 0.05) is 17.9 Å². The van der Waals surface area contributed by atoms with Gasteiger partial charge in [0.25, 0.3) is 0 Å². The molecule has 4 aliphatic rings. The molecule has 40 heavy (non-hydrogen) atoms. The number of rotatable bonds is 14. The van der Waals surface area contributed by atoms with Gasteiger partial charge in [0.1, 0.15) is 0 Å². The molecule has 5 heteroatoms. The normalized spacial score (nSPS) is 42.8. The Balaban J connectivity index is 1.45. The third-order valence-electron chi connectivity index (χ3n) is 13.6. The molecule has 6 N–H and O–H groups in total. The van der Waals surface area contributed by atoms with Gasteiger partial charge in [-0.05, 0) is 137 Å². The van der Waals surface area contributed by atoms with Crippen molar-refractivity contribution in [1.29, 1.82) is 0 Å². The second-order valence-corrected chi connectivity index (χ2v) is 16.0. The van der Waals surface area contributed by atoms with E-state index >= 15 is 0 Å². The Hall–Kier alpha value is -0.200. The second-order valence-electron chi connectivity index (χ2n) is 16.0. The molecule has 0 aromatic carbocycles. The van der Waals surface area contributed by atoms with Crippen LogP contribution in [0.15, 0.2) is 0 Å². The van der Waals surface area contributed by atoms with Crippen molar-refractivity contribution in [2.45, 2.75) is 143 Å². The van der Waals surface area contributed by atoms with Crippen LogP contribution in [0.25, 0.3) is 0 Å². The van der Waals surface area contributed by atoms with Crippen molar-refractivity contribution >= 4 is 0 Å². The minimum absolute atomic E-state index is 0.0802. The second kappa shape index (κ2) is 13.6. The van der Waals surface area contributed by atoms with Crippen molar-refractivity contribution in [2.24, 2.45) is 58.0 Å². The quantitative estimate of drug-likeness (QED) is 0.165. The molecule has 4 saturated carbocycles. The first kappa shape index (κ1) is 32.7. The summed E-state index contributed by atoms with van der Waals surface area (Å²) in [6.07, 6.45) is 14.5. The molecular weight excluding hydrogens is 494 g/mol. The van der Waals surface area contributed by atoms with E-state index in [1.807, 2.05) is 0 Å². The average Bonchev–Trinajstić information content (AvgIpc) is 3.27. The molecular formula is C35H67N3O2. The van der Waals surface area contributed by atoms with Gasteiger partial charge >= 0.3 is 0 Å². The average molecular weight is 562 g/mol. The zero-order chi connectivity index (χ0) is 29.1. The molecule has 0 aromatic rings. The summed E-state index contributed by atoms with van der Waals surface area (Å²) in [7, 11) is 0. The maximum absolute atomic E-state index is 12.5. The van der Waals surface area contributed by atoms with Gasteiger partial charge in [-0.15, -0.1) is 0 Å². The van der Waals surface area contributed by atoms with Crippen molar-refractivity contribution < 1.29 is 10.2 Å². The molecule has 4 aliphatic carbocycles. The summed E-state index contributed by atoms with van der Waals surface area (Å²) < 4.78 is 0. The monoisotopic (exact) mass is 562 g/mol. The van der Waals surface area contributed by atoms with Crippen molar-refractivity contribution in [3.05, 3.63) is 0 Å². The Morgan fingerprint density at radius 1 is 0.875 bits per heavy atom. The maximum Gasteiger partial charge on any atom is 0.0880 e. The summed E-state index contributed by atoms with van der Waals surface area (Å²) in [5.41, 5.74) is 5.15. The molecule has 4 rings (SSSR count). The van der Waals surface area contributed by atoms with Crippen LogP contribution < -0.4 is 16.4 Å². The smallest absolute Gasteiger partial charge is 0.0880 e. The van der Waals surface area contributed by atoms with Gasteiger partial charge in [-0.25, -0.2) is 0 Å². The lowest BCUT2D eigenvalue weighted by Crippen LogP contribution is -2.71. The van der Waals surface area contributed by atoms with E-state index in [9.17, 15) is 10.2 Å². The maximum atomic E-state index is 12.5. The van der Waals surface area contributed by atoms with Gasteiger partial charge in [-0.2, -0.15) is 0 Å². The number of hydrogen-bond acceptors (Lipinski definition) is 5. The molecule has 5 nitrogen and oxygen atoms in total. The van der Waals surface area contributed by atoms with E-state index in [4.69, 9.17) is 5.73 Å². The van der Waals surface area contributed by atoms with Crippen molar-refractivity contribution in [1.82, 2.24) is 10.6 Å². The summed E-state index contributed by atoms with van der Waals surface area (Å²) >= 11 is 0. The fourth-order valence-electron chi connectivity index (χ4n) is 10.6. The largest absolute Gasteiger partial charge is 0.393 e. The van der Waals surface area contributed by atoms with Crippen LogP contribution in [0.5, 0.6) is 0 Å². The predicted molar refractivity (Wildman–Crippen MR) is 168 cm³/mol. The zero-order valence-corrected chi connectivity index (χ0v) is 27.2. The molecule has 234 valence electrons. The predicted octanol–water partition coefficient (Wildman–Crippen LogP) is 6.12. The van der Waals surface area contributed by atoms with Gasteiger partial charge in [0.05, 0.1) is 11.7 Å². The molecule has 0 unspecified atom stereocenters. The van der Waals surface area contributed by atoms with E-state index in [0.29, 0.717) is 23.7 Å². The van der Waals surface area contributed by atoms with E-state index in [0.717, 1.165) is 94.3 Å². The van der Waals surface area contributed by atoms with Crippen LogP contribution in [0, 0.1) is 52.3 Å². The fourth-order valence-corrected chi connectivity index (χ4v) is 10.6. The lowest BCUT2D eigenvalue weighted by atomic mass is 9.42. The van der Waals surface area contributed by atoms with Gasteiger partial charge in [-0.3, -0.25) is 0 Å². The van der Waals surface area contributed by atoms with Gasteiger partial charge in [-0.1, -0.05) is 54.4 Å². The summed E-state index contributed by atoms with van der Waals surface area (Å²) in [4.78, 5) is 0. The molecule has 0 aliphatic heterocycles. The number of nitrogens with one attached hydrogen (secondary N) is 2. The van der Waals surface area contributed by atoms with E-state index < -0.39 is 5.60 Å². The first-order chi connectivity index (χ1) is 19.0. The van der Waals surface area contributed by atoms with E-state index in [1.165, 1.54) is 38.5 Å². The summed E-state index contributed by atoms with van der Waals surface area (Å²) in [6, 6.07) is 0.0802. The number of nitrogens with two attached hydrogens (primary N) is 1. The molecule has 0 saturated heterocycles. The highest BCUT2D eigenvalue weighted by Crippen LogP contribution is 2.69. The van der Waals surface area contributed by atoms with Crippen LogP contribution in [0.3, 0.4) is 0 Å². The Kier molecular flexibility index (Phi) is 11.1. The lowest BCUT2D eigenvalue weighted by molar-refractivity contribution is -0.234. The van der Waals surface area contributed by atoms with Gasteiger partial charge in [0.15, 0.2) is 0 Å².